The Labute approximate surface area is 110 Å². The van der Waals surface area contributed by atoms with E-state index in [9.17, 15) is 14.0 Å². The molecule has 4 heteroatoms. The summed E-state index contributed by atoms with van der Waals surface area (Å²) in [6, 6.07) is 0. The van der Waals surface area contributed by atoms with Crippen LogP contribution in [0, 0.1) is 0 Å². The van der Waals surface area contributed by atoms with E-state index in [1.165, 1.54) is 26.2 Å². The highest BCUT2D eigenvalue weighted by molar-refractivity contribution is 5.80. The van der Waals surface area contributed by atoms with Gasteiger partial charge in [-0.05, 0) is 26.2 Å². The van der Waals surface area contributed by atoms with Gasteiger partial charge in [-0.1, -0.05) is 32.6 Å². The van der Waals surface area contributed by atoms with Crippen molar-refractivity contribution in [1.29, 1.82) is 0 Å². The number of ketones is 1. The van der Waals surface area contributed by atoms with Crippen LogP contribution in [0.1, 0.15) is 65.2 Å². The number of hydrogen-bond donors (Lipinski definition) is 1. The van der Waals surface area contributed by atoms with Crippen molar-refractivity contribution in [2.24, 2.45) is 0 Å². The van der Waals surface area contributed by atoms with Crippen LogP contribution >= 0.6 is 0 Å². The van der Waals surface area contributed by atoms with Crippen molar-refractivity contribution in [1.82, 2.24) is 5.32 Å². The van der Waals surface area contributed by atoms with Gasteiger partial charge >= 0.3 is 0 Å². The molecule has 0 aliphatic heterocycles. The lowest BCUT2D eigenvalue weighted by atomic mass is 10.1. The second-order valence-corrected chi connectivity index (χ2v) is 4.73. The van der Waals surface area contributed by atoms with Gasteiger partial charge in [0.15, 0.2) is 12.0 Å². The van der Waals surface area contributed by atoms with Crippen molar-refractivity contribution in [2.45, 2.75) is 71.4 Å². The fourth-order valence-corrected chi connectivity index (χ4v) is 1.69. The molecule has 0 fully saturated rings. The molecule has 1 amide bonds. The van der Waals surface area contributed by atoms with Crippen LogP contribution in [-0.4, -0.2) is 24.4 Å². The van der Waals surface area contributed by atoms with Crippen LogP contribution in [0.5, 0.6) is 0 Å². The van der Waals surface area contributed by atoms with Gasteiger partial charge in [0.05, 0.1) is 0 Å². The van der Waals surface area contributed by atoms with Crippen molar-refractivity contribution in [3.05, 3.63) is 0 Å². The Hall–Kier alpha value is -0.930. The topological polar surface area (TPSA) is 46.2 Å². The molecule has 0 bridgehead atoms. The lowest BCUT2D eigenvalue weighted by molar-refractivity contribution is -0.123. The predicted octanol–water partition coefficient (Wildman–Crippen LogP) is 3.17. The van der Waals surface area contributed by atoms with Crippen LogP contribution in [0.25, 0.3) is 0 Å². The van der Waals surface area contributed by atoms with E-state index >= 15 is 0 Å². The summed E-state index contributed by atoms with van der Waals surface area (Å²) < 4.78 is 12.9. The van der Waals surface area contributed by atoms with E-state index < -0.39 is 12.0 Å². The first-order valence-corrected chi connectivity index (χ1v) is 6.99. The molecule has 3 nitrogen and oxygen atoms in total. The summed E-state index contributed by atoms with van der Waals surface area (Å²) >= 11 is 0. The molecule has 0 aromatic carbocycles. The Morgan fingerprint density at radius 3 is 2.39 bits per heavy atom. The van der Waals surface area contributed by atoms with Gasteiger partial charge in [-0.2, -0.15) is 0 Å². The zero-order valence-corrected chi connectivity index (χ0v) is 11.6. The number of alkyl halides is 1. The van der Waals surface area contributed by atoms with E-state index in [2.05, 4.69) is 12.2 Å². The van der Waals surface area contributed by atoms with Crippen molar-refractivity contribution in [3.8, 4) is 0 Å². The third-order valence-electron chi connectivity index (χ3n) is 2.91. The molecule has 0 rings (SSSR count). The summed E-state index contributed by atoms with van der Waals surface area (Å²) in [5, 5.41) is 2.82. The molecule has 18 heavy (non-hydrogen) atoms. The molecule has 0 aliphatic carbocycles. The van der Waals surface area contributed by atoms with Crippen LogP contribution in [0.2, 0.25) is 0 Å². The molecular weight excluding hydrogens is 233 g/mol. The Morgan fingerprint density at radius 2 is 1.78 bits per heavy atom. The molecule has 0 spiro atoms. The quantitative estimate of drug-likeness (QED) is 0.579. The maximum atomic E-state index is 12.9. The molecule has 0 aliphatic rings. The number of Topliss-reactive ketones (excluding diaryl/α,β-unsaturated/α-hetero) is 1. The first-order chi connectivity index (χ1) is 8.57. The molecule has 0 saturated carbocycles. The predicted molar refractivity (Wildman–Crippen MR) is 71.2 cm³/mol. The fraction of sp³-hybridized carbons (Fsp3) is 0.857. The normalized spacial score (nSPS) is 12.2. The molecule has 1 unspecified atom stereocenters. The number of carbonyl (C=O) groups excluding carboxylic acids is 2. The lowest BCUT2D eigenvalue weighted by Crippen LogP contribution is -2.24. The average molecular weight is 259 g/mol. The molecule has 0 saturated heterocycles. The lowest BCUT2D eigenvalue weighted by Gasteiger charge is -2.06. The minimum Gasteiger partial charge on any atom is -0.356 e. The van der Waals surface area contributed by atoms with Gasteiger partial charge in [0.2, 0.25) is 5.91 Å². The van der Waals surface area contributed by atoms with Crippen LogP contribution in [-0.2, 0) is 9.59 Å². The number of halogens is 1. The standard InChI is InChI=1S/C14H26FNO2/c1-3-4-5-6-7-11-16-14(18)10-8-9-13(15)12(2)17/h13H,3-11H2,1-2H3,(H,16,18). The number of unbranched alkanes of at least 4 members (excludes halogenated alkanes) is 4. The summed E-state index contributed by atoms with van der Waals surface area (Å²) in [4.78, 5) is 22.0. The van der Waals surface area contributed by atoms with Crippen molar-refractivity contribution in [3.63, 3.8) is 0 Å². The summed E-state index contributed by atoms with van der Waals surface area (Å²) in [5.41, 5.74) is 0. The minimum absolute atomic E-state index is 0.0405. The van der Waals surface area contributed by atoms with Gasteiger partial charge in [0.1, 0.15) is 0 Å². The van der Waals surface area contributed by atoms with Crippen molar-refractivity contribution < 1.29 is 14.0 Å². The van der Waals surface area contributed by atoms with E-state index in [1.807, 2.05) is 0 Å². The summed E-state index contributed by atoms with van der Waals surface area (Å²) in [6.07, 6.45) is 5.31. The Bertz CT molecular complexity index is 244. The highest BCUT2D eigenvalue weighted by Gasteiger charge is 2.12. The van der Waals surface area contributed by atoms with E-state index in [4.69, 9.17) is 0 Å². The Kier molecular flexibility index (Phi) is 10.6. The third-order valence-corrected chi connectivity index (χ3v) is 2.91. The average Bonchev–Trinajstić information content (AvgIpc) is 2.33. The molecule has 0 heterocycles. The number of hydrogen-bond acceptors (Lipinski definition) is 2. The van der Waals surface area contributed by atoms with Gasteiger partial charge in [0.25, 0.3) is 0 Å². The number of rotatable bonds is 11. The van der Waals surface area contributed by atoms with Gasteiger partial charge in [0, 0.05) is 13.0 Å². The molecule has 0 aromatic heterocycles. The van der Waals surface area contributed by atoms with E-state index in [0.29, 0.717) is 19.4 Å². The molecule has 1 atom stereocenters. The van der Waals surface area contributed by atoms with Crippen LogP contribution in [0.3, 0.4) is 0 Å². The molecule has 106 valence electrons. The second kappa shape index (κ2) is 11.2. The van der Waals surface area contributed by atoms with Crippen LogP contribution in [0.15, 0.2) is 0 Å². The summed E-state index contributed by atoms with van der Waals surface area (Å²) in [6.45, 7) is 4.11. The largest absolute Gasteiger partial charge is 0.356 e. The van der Waals surface area contributed by atoms with Crippen LogP contribution < -0.4 is 5.32 Å². The zero-order valence-electron chi connectivity index (χ0n) is 11.6. The van der Waals surface area contributed by atoms with Gasteiger partial charge in [-0.3, -0.25) is 9.59 Å². The highest BCUT2D eigenvalue weighted by Crippen LogP contribution is 2.06. The Balaban J connectivity index is 3.35. The summed E-state index contributed by atoms with van der Waals surface area (Å²) in [7, 11) is 0. The SMILES string of the molecule is CCCCCCCNC(=O)CCCC(F)C(C)=O. The maximum absolute atomic E-state index is 12.9. The third kappa shape index (κ3) is 10.2. The molecular formula is C14H26FNO2. The fourth-order valence-electron chi connectivity index (χ4n) is 1.69. The van der Waals surface area contributed by atoms with Gasteiger partial charge < -0.3 is 5.32 Å². The van der Waals surface area contributed by atoms with E-state index in [1.54, 1.807) is 0 Å². The van der Waals surface area contributed by atoms with Gasteiger partial charge in [-0.25, -0.2) is 4.39 Å². The van der Waals surface area contributed by atoms with Gasteiger partial charge in [-0.15, -0.1) is 0 Å². The number of carbonyl (C=O) groups is 2. The zero-order chi connectivity index (χ0) is 13.8. The van der Waals surface area contributed by atoms with E-state index in [0.717, 1.165) is 12.8 Å². The molecule has 0 aromatic rings. The summed E-state index contributed by atoms with van der Waals surface area (Å²) in [5.74, 6) is -0.493. The van der Waals surface area contributed by atoms with E-state index in [-0.39, 0.29) is 12.3 Å². The highest BCUT2D eigenvalue weighted by atomic mass is 19.1. The smallest absolute Gasteiger partial charge is 0.219 e. The second-order valence-electron chi connectivity index (χ2n) is 4.73. The Morgan fingerprint density at radius 1 is 1.11 bits per heavy atom. The van der Waals surface area contributed by atoms with Crippen LogP contribution in [0.4, 0.5) is 4.39 Å². The maximum Gasteiger partial charge on any atom is 0.219 e. The first-order valence-electron chi connectivity index (χ1n) is 6.99. The molecule has 1 N–H and O–H groups in total. The monoisotopic (exact) mass is 259 g/mol. The number of amides is 1. The van der Waals surface area contributed by atoms with Crippen molar-refractivity contribution >= 4 is 11.7 Å². The number of nitrogens with one attached hydrogen (secondary N) is 1. The van der Waals surface area contributed by atoms with Crippen molar-refractivity contribution in [2.75, 3.05) is 6.54 Å². The first kappa shape index (κ1) is 17.1. The minimum atomic E-state index is -1.41. The molecule has 0 radical (unpaired) electrons.